The predicted molar refractivity (Wildman–Crippen MR) is 73.1 cm³/mol. The molecule has 1 aliphatic heterocycles. The molecule has 4 nitrogen and oxygen atoms in total. The van der Waals surface area contributed by atoms with Crippen molar-refractivity contribution in [2.75, 3.05) is 32.9 Å². The number of nitrogens with zero attached hydrogens (tertiary/aromatic N) is 1. The van der Waals surface area contributed by atoms with Crippen LogP contribution in [0.5, 0.6) is 0 Å². The molecule has 3 N–H and O–H groups in total. The highest BCUT2D eigenvalue weighted by Gasteiger charge is 2.24. The Morgan fingerprint density at radius 1 is 1.59 bits per heavy atom. The largest absolute Gasteiger partial charge is 0.395 e. The summed E-state index contributed by atoms with van der Waals surface area (Å²) in [6.07, 6.45) is 2.03. The maximum absolute atomic E-state index is 9.25. The fourth-order valence-electron chi connectivity index (χ4n) is 2.00. The predicted octanol–water partition coefficient (Wildman–Crippen LogP) is 0.772. The first-order valence-electron chi connectivity index (χ1n) is 6.20. The molecule has 0 aromatic rings. The summed E-state index contributed by atoms with van der Waals surface area (Å²) in [6.45, 7) is 7.60. The average molecular weight is 260 g/mol. The van der Waals surface area contributed by atoms with E-state index in [0.717, 1.165) is 32.5 Å². The molecule has 1 atom stereocenters. The van der Waals surface area contributed by atoms with Gasteiger partial charge in [0.15, 0.2) is 0 Å². The van der Waals surface area contributed by atoms with Gasteiger partial charge in [0.2, 0.25) is 0 Å². The van der Waals surface area contributed by atoms with Crippen molar-refractivity contribution >= 4 is 17.2 Å². The summed E-state index contributed by atoms with van der Waals surface area (Å²) in [4.78, 5) is 2.87. The molecule has 0 saturated carbocycles. The first kappa shape index (κ1) is 14.8. The standard InChI is InChI=1S/C12H24N2O2S/c1-12(2,11(13)17)4-3-5-14-6-7-16-9-10(14)8-15/h10,15H,3-9H2,1-2H3,(H2,13,17). The molecule has 1 rings (SSSR count). The highest BCUT2D eigenvalue weighted by molar-refractivity contribution is 7.80. The lowest BCUT2D eigenvalue weighted by Crippen LogP contribution is -2.48. The summed E-state index contributed by atoms with van der Waals surface area (Å²) in [6, 6.07) is 0.150. The molecular formula is C12H24N2O2S. The fraction of sp³-hybridized carbons (Fsp3) is 0.917. The van der Waals surface area contributed by atoms with Gasteiger partial charge < -0.3 is 15.6 Å². The van der Waals surface area contributed by atoms with Crippen LogP contribution >= 0.6 is 12.2 Å². The zero-order valence-electron chi connectivity index (χ0n) is 10.8. The van der Waals surface area contributed by atoms with E-state index < -0.39 is 0 Å². The third-order valence-electron chi connectivity index (χ3n) is 3.47. The van der Waals surface area contributed by atoms with Crippen LogP contribution in [0, 0.1) is 5.41 Å². The van der Waals surface area contributed by atoms with E-state index >= 15 is 0 Å². The number of thiocarbonyl (C=S) groups is 1. The molecule has 1 saturated heterocycles. The van der Waals surface area contributed by atoms with Crippen molar-refractivity contribution in [2.45, 2.75) is 32.7 Å². The van der Waals surface area contributed by atoms with Crippen molar-refractivity contribution in [2.24, 2.45) is 11.1 Å². The Kier molecular flexibility index (Phi) is 5.79. The number of hydrogen-bond acceptors (Lipinski definition) is 4. The van der Waals surface area contributed by atoms with Gasteiger partial charge in [0.05, 0.1) is 30.9 Å². The third-order valence-corrected chi connectivity index (χ3v) is 4.03. The van der Waals surface area contributed by atoms with Crippen LogP contribution in [0.4, 0.5) is 0 Å². The van der Waals surface area contributed by atoms with Gasteiger partial charge in [0.25, 0.3) is 0 Å². The molecule has 0 aliphatic carbocycles. The van der Waals surface area contributed by atoms with Crippen LogP contribution in [0.15, 0.2) is 0 Å². The molecule has 1 heterocycles. The number of rotatable bonds is 6. The van der Waals surface area contributed by atoms with Crippen LogP contribution in [-0.4, -0.2) is 53.9 Å². The normalized spacial score (nSPS) is 22.6. The minimum atomic E-state index is -0.0731. The van der Waals surface area contributed by atoms with Crippen LogP contribution in [-0.2, 0) is 4.74 Å². The topological polar surface area (TPSA) is 58.7 Å². The Morgan fingerprint density at radius 3 is 2.88 bits per heavy atom. The SMILES string of the molecule is CC(C)(CCCN1CCOCC1CO)C(N)=S. The van der Waals surface area contributed by atoms with Crippen LogP contribution in [0.2, 0.25) is 0 Å². The number of hydrogen-bond donors (Lipinski definition) is 2. The van der Waals surface area contributed by atoms with E-state index in [2.05, 4.69) is 18.7 Å². The van der Waals surface area contributed by atoms with E-state index in [1.165, 1.54) is 0 Å². The van der Waals surface area contributed by atoms with E-state index in [9.17, 15) is 5.11 Å². The van der Waals surface area contributed by atoms with Gasteiger partial charge in [-0.1, -0.05) is 26.1 Å². The monoisotopic (exact) mass is 260 g/mol. The van der Waals surface area contributed by atoms with E-state index in [1.54, 1.807) is 0 Å². The molecule has 5 heteroatoms. The van der Waals surface area contributed by atoms with Gasteiger partial charge >= 0.3 is 0 Å². The molecule has 17 heavy (non-hydrogen) atoms. The van der Waals surface area contributed by atoms with E-state index in [1.807, 2.05) is 0 Å². The first-order chi connectivity index (χ1) is 7.97. The second-order valence-electron chi connectivity index (χ2n) is 5.30. The smallest absolute Gasteiger partial charge is 0.0784 e. The minimum absolute atomic E-state index is 0.0731. The average Bonchev–Trinajstić information content (AvgIpc) is 2.29. The number of aliphatic hydroxyl groups is 1. The Hall–Kier alpha value is -0.230. The number of ether oxygens (including phenoxy) is 1. The second-order valence-corrected chi connectivity index (χ2v) is 5.74. The van der Waals surface area contributed by atoms with Crippen molar-refractivity contribution in [1.29, 1.82) is 0 Å². The minimum Gasteiger partial charge on any atom is -0.395 e. The molecule has 0 spiro atoms. The molecule has 0 radical (unpaired) electrons. The van der Waals surface area contributed by atoms with Crippen LogP contribution < -0.4 is 5.73 Å². The molecule has 0 aromatic heterocycles. The van der Waals surface area contributed by atoms with Crippen molar-refractivity contribution < 1.29 is 9.84 Å². The molecule has 1 aliphatic rings. The highest BCUT2D eigenvalue weighted by atomic mass is 32.1. The maximum Gasteiger partial charge on any atom is 0.0784 e. The molecule has 1 fully saturated rings. The Labute approximate surface area is 109 Å². The van der Waals surface area contributed by atoms with E-state index in [4.69, 9.17) is 22.7 Å². The quantitative estimate of drug-likeness (QED) is 0.691. The molecule has 0 aromatic carbocycles. The molecule has 0 bridgehead atoms. The summed E-state index contributed by atoms with van der Waals surface area (Å²) in [7, 11) is 0. The van der Waals surface area contributed by atoms with Crippen molar-refractivity contribution in [3.63, 3.8) is 0 Å². The Bertz CT molecular complexity index is 259. The molecule has 100 valence electrons. The van der Waals surface area contributed by atoms with Gasteiger partial charge in [0, 0.05) is 12.0 Å². The zero-order chi connectivity index (χ0) is 12.9. The lowest BCUT2D eigenvalue weighted by molar-refractivity contribution is -0.0282. The van der Waals surface area contributed by atoms with Crippen molar-refractivity contribution in [3.05, 3.63) is 0 Å². The molecule has 0 amide bonds. The molecule has 1 unspecified atom stereocenters. The number of aliphatic hydroxyl groups excluding tert-OH is 1. The van der Waals surface area contributed by atoms with Gasteiger partial charge in [-0.3, -0.25) is 4.90 Å². The van der Waals surface area contributed by atoms with Crippen molar-refractivity contribution in [1.82, 2.24) is 4.90 Å². The lowest BCUT2D eigenvalue weighted by Gasteiger charge is -2.35. The summed E-state index contributed by atoms with van der Waals surface area (Å²) in [5, 5.41) is 9.25. The van der Waals surface area contributed by atoms with E-state index in [0.29, 0.717) is 11.6 Å². The van der Waals surface area contributed by atoms with Crippen LogP contribution in [0.25, 0.3) is 0 Å². The van der Waals surface area contributed by atoms with Gasteiger partial charge in [-0.2, -0.15) is 0 Å². The summed E-state index contributed by atoms with van der Waals surface area (Å²) in [5.74, 6) is 0. The lowest BCUT2D eigenvalue weighted by atomic mass is 9.88. The number of nitrogens with two attached hydrogens (primary N) is 1. The summed E-state index contributed by atoms with van der Waals surface area (Å²) in [5.41, 5.74) is 5.63. The Morgan fingerprint density at radius 2 is 2.29 bits per heavy atom. The zero-order valence-corrected chi connectivity index (χ0v) is 11.6. The Balaban J connectivity index is 2.32. The summed E-state index contributed by atoms with van der Waals surface area (Å²) >= 11 is 5.05. The third kappa shape index (κ3) is 4.50. The number of morpholine rings is 1. The van der Waals surface area contributed by atoms with Gasteiger partial charge in [0.1, 0.15) is 0 Å². The first-order valence-corrected chi connectivity index (χ1v) is 6.61. The summed E-state index contributed by atoms with van der Waals surface area (Å²) < 4.78 is 5.35. The van der Waals surface area contributed by atoms with Gasteiger partial charge in [-0.15, -0.1) is 0 Å². The second kappa shape index (κ2) is 6.64. The van der Waals surface area contributed by atoms with E-state index in [-0.39, 0.29) is 18.1 Å². The van der Waals surface area contributed by atoms with Gasteiger partial charge in [-0.05, 0) is 19.4 Å². The van der Waals surface area contributed by atoms with Crippen LogP contribution in [0.3, 0.4) is 0 Å². The van der Waals surface area contributed by atoms with Gasteiger partial charge in [-0.25, -0.2) is 0 Å². The maximum atomic E-state index is 9.25. The highest BCUT2D eigenvalue weighted by Crippen LogP contribution is 2.23. The van der Waals surface area contributed by atoms with Crippen LogP contribution in [0.1, 0.15) is 26.7 Å². The fourth-order valence-corrected chi connectivity index (χ4v) is 2.10. The molecular weight excluding hydrogens is 236 g/mol. The van der Waals surface area contributed by atoms with Crippen molar-refractivity contribution in [3.8, 4) is 0 Å².